The number of piperidine rings is 1. The Hall–Kier alpha value is -2.91. The lowest BCUT2D eigenvalue weighted by molar-refractivity contribution is -0.162. The van der Waals surface area contributed by atoms with Gasteiger partial charge in [-0.1, -0.05) is 45.4 Å². The second-order valence-corrected chi connectivity index (χ2v) is 12.6. The standard InChI is InChI=1S/C33H48N6O3.ClH/c1-5-6-18-38-31(41)29(21-25-10-8-7-9-11-25)35-32(42)33(38)16-19-37(20-17-33)22-28-23(2)36-39(24(28)3)27-14-12-26(13-15-27)30(40)34-4;/h12-15,25,29H,5-11,16-22H2,1-4H3,(H,34,40)(H,35,42);1H/t29-;/m0./s1. The van der Waals surface area contributed by atoms with Crippen LogP contribution >= 0.6 is 12.4 Å². The van der Waals surface area contributed by atoms with Crippen LogP contribution in [0.2, 0.25) is 0 Å². The Morgan fingerprint density at radius 1 is 1.07 bits per heavy atom. The van der Waals surface area contributed by atoms with E-state index in [4.69, 9.17) is 5.10 Å². The van der Waals surface area contributed by atoms with Crippen LogP contribution in [0.15, 0.2) is 24.3 Å². The van der Waals surface area contributed by atoms with Gasteiger partial charge in [-0.3, -0.25) is 19.3 Å². The summed E-state index contributed by atoms with van der Waals surface area (Å²) in [5.41, 5.74) is 4.01. The van der Waals surface area contributed by atoms with Crippen molar-refractivity contribution >= 4 is 30.1 Å². The molecule has 9 nitrogen and oxygen atoms in total. The van der Waals surface area contributed by atoms with E-state index in [1.807, 2.05) is 40.8 Å². The minimum atomic E-state index is -0.743. The zero-order valence-electron chi connectivity index (χ0n) is 26.3. The first-order valence-electron chi connectivity index (χ1n) is 16.0. The van der Waals surface area contributed by atoms with Gasteiger partial charge in [0.15, 0.2) is 0 Å². The van der Waals surface area contributed by atoms with Gasteiger partial charge >= 0.3 is 0 Å². The summed E-state index contributed by atoms with van der Waals surface area (Å²) in [6.07, 6.45) is 10.1. The first-order chi connectivity index (χ1) is 20.3. The number of nitrogens with one attached hydrogen (secondary N) is 2. The van der Waals surface area contributed by atoms with E-state index in [0.717, 1.165) is 56.0 Å². The summed E-state index contributed by atoms with van der Waals surface area (Å²) >= 11 is 0. The lowest BCUT2D eigenvalue weighted by atomic mass is 9.79. The van der Waals surface area contributed by atoms with Gasteiger partial charge < -0.3 is 15.5 Å². The van der Waals surface area contributed by atoms with Gasteiger partial charge in [-0.15, -0.1) is 12.4 Å². The highest BCUT2D eigenvalue weighted by molar-refractivity contribution is 6.00. The molecule has 2 aromatic rings. The van der Waals surface area contributed by atoms with Crippen LogP contribution < -0.4 is 10.6 Å². The molecule has 2 aliphatic heterocycles. The Bertz CT molecular complexity index is 1280. The van der Waals surface area contributed by atoms with Gasteiger partial charge in [0.25, 0.3) is 5.91 Å². The molecule has 3 heterocycles. The molecule has 2 N–H and O–H groups in total. The zero-order chi connectivity index (χ0) is 29.9. The first kappa shape index (κ1) is 33.0. The van der Waals surface area contributed by atoms with Crippen LogP contribution in [0.5, 0.6) is 0 Å². The number of aromatic nitrogens is 2. The number of piperazine rings is 1. The minimum absolute atomic E-state index is 0. The van der Waals surface area contributed by atoms with Crippen LogP contribution in [-0.2, 0) is 16.1 Å². The molecule has 1 aromatic carbocycles. The van der Waals surface area contributed by atoms with Crippen molar-refractivity contribution in [3.05, 3.63) is 46.8 Å². The van der Waals surface area contributed by atoms with Crippen LogP contribution in [-0.4, -0.2) is 75.6 Å². The third kappa shape index (κ3) is 6.78. The highest BCUT2D eigenvalue weighted by atomic mass is 35.5. The van der Waals surface area contributed by atoms with Gasteiger partial charge in [0.05, 0.1) is 11.4 Å². The van der Waals surface area contributed by atoms with E-state index in [2.05, 4.69) is 29.4 Å². The molecule has 236 valence electrons. The number of hydrogen-bond donors (Lipinski definition) is 2. The Morgan fingerprint density at radius 2 is 1.74 bits per heavy atom. The third-order valence-corrected chi connectivity index (χ3v) is 9.95. The molecule has 43 heavy (non-hydrogen) atoms. The number of unbranched alkanes of at least 4 members (excludes halogenated alkanes) is 1. The number of carbonyl (C=O) groups excluding carboxylic acids is 3. The molecular weight excluding hydrogens is 564 g/mol. The molecule has 5 rings (SSSR count). The molecule has 1 saturated carbocycles. The molecule has 0 unspecified atom stereocenters. The van der Waals surface area contributed by atoms with E-state index < -0.39 is 5.54 Å². The fourth-order valence-electron chi connectivity index (χ4n) is 7.29. The second kappa shape index (κ2) is 14.2. The summed E-state index contributed by atoms with van der Waals surface area (Å²) in [5.74, 6) is 0.620. The highest BCUT2D eigenvalue weighted by Gasteiger charge is 2.53. The summed E-state index contributed by atoms with van der Waals surface area (Å²) in [5, 5.41) is 10.7. The van der Waals surface area contributed by atoms with Gasteiger partial charge in [-0.25, -0.2) is 4.68 Å². The van der Waals surface area contributed by atoms with Crippen molar-refractivity contribution in [1.82, 2.24) is 30.2 Å². The molecule has 1 aliphatic carbocycles. The van der Waals surface area contributed by atoms with Crippen molar-refractivity contribution in [2.24, 2.45) is 5.92 Å². The SMILES string of the molecule is CCCCN1C(=O)[C@H](CC2CCCCC2)NC(=O)C12CCN(Cc1c(C)nn(-c3ccc(C(=O)NC)cc3)c1C)CC2.Cl. The third-order valence-electron chi connectivity index (χ3n) is 9.95. The van der Waals surface area contributed by atoms with Crippen LogP contribution in [0.4, 0.5) is 0 Å². The molecular formula is C33H49ClN6O3. The quantitative estimate of drug-likeness (QED) is 0.428. The summed E-state index contributed by atoms with van der Waals surface area (Å²) in [4.78, 5) is 44.0. The van der Waals surface area contributed by atoms with Crippen LogP contribution in [0.25, 0.3) is 5.69 Å². The molecule has 3 fully saturated rings. The normalized spacial score (nSPS) is 21.0. The van der Waals surface area contributed by atoms with Gasteiger partial charge in [0.2, 0.25) is 11.8 Å². The van der Waals surface area contributed by atoms with Gasteiger partial charge in [0.1, 0.15) is 11.6 Å². The van der Waals surface area contributed by atoms with Gasteiger partial charge in [0, 0.05) is 50.0 Å². The van der Waals surface area contributed by atoms with E-state index >= 15 is 0 Å². The number of rotatable bonds is 9. The lowest BCUT2D eigenvalue weighted by Gasteiger charge is -2.52. The van der Waals surface area contributed by atoms with Crippen molar-refractivity contribution in [1.29, 1.82) is 0 Å². The fraction of sp³-hybridized carbons (Fsp3) is 0.636. The molecule has 1 spiro atoms. The van der Waals surface area contributed by atoms with Crippen molar-refractivity contribution in [3.63, 3.8) is 0 Å². The van der Waals surface area contributed by atoms with E-state index in [-0.39, 0.29) is 36.2 Å². The summed E-state index contributed by atoms with van der Waals surface area (Å²) in [6, 6.07) is 7.10. The molecule has 2 saturated heterocycles. The van der Waals surface area contributed by atoms with Gasteiger partial charge in [-0.05, 0) is 69.7 Å². The lowest BCUT2D eigenvalue weighted by Crippen LogP contribution is -2.73. The highest BCUT2D eigenvalue weighted by Crippen LogP contribution is 2.36. The molecule has 0 radical (unpaired) electrons. The number of likely N-dealkylation sites (tertiary alicyclic amines) is 1. The average molecular weight is 613 g/mol. The van der Waals surface area contributed by atoms with E-state index in [0.29, 0.717) is 30.9 Å². The monoisotopic (exact) mass is 612 g/mol. The number of halogens is 1. The van der Waals surface area contributed by atoms with Gasteiger partial charge in [-0.2, -0.15) is 5.10 Å². The topological polar surface area (TPSA) is 99.6 Å². The minimum Gasteiger partial charge on any atom is -0.355 e. The van der Waals surface area contributed by atoms with E-state index in [9.17, 15) is 14.4 Å². The van der Waals surface area contributed by atoms with Crippen LogP contribution in [0, 0.1) is 19.8 Å². The molecule has 1 aromatic heterocycles. The first-order valence-corrected chi connectivity index (χ1v) is 16.0. The maximum atomic E-state index is 13.9. The zero-order valence-corrected chi connectivity index (χ0v) is 27.1. The molecule has 3 amide bonds. The predicted molar refractivity (Wildman–Crippen MR) is 171 cm³/mol. The smallest absolute Gasteiger partial charge is 0.251 e. The summed E-state index contributed by atoms with van der Waals surface area (Å²) < 4.78 is 1.94. The largest absolute Gasteiger partial charge is 0.355 e. The molecule has 10 heteroatoms. The molecule has 3 aliphatic rings. The van der Waals surface area contributed by atoms with E-state index in [1.165, 1.54) is 37.7 Å². The number of carbonyl (C=O) groups is 3. The van der Waals surface area contributed by atoms with Crippen molar-refractivity contribution in [3.8, 4) is 5.69 Å². The van der Waals surface area contributed by atoms with Crippen molar-refractivity contribution < 1.29 is 14.4 Å². The maximum Gasteiger partial charge on any atom is 0.251 e. The second-order valence-electron chi connectivity index (χ2n) is 12.6. The van der Waals surface area contributed by atoms with Crippen LogP contribution in [0.3, 0.4) is 0 Å². The Labute approximate surface area is 262 Å². The number of hydrogen-bond acceptors (Lipinski definition) is 5. The number of amides is 3. The Kier molecular flexibility index (Phi) is 10.9. The van der Waals surface area contributed by atoms with Crippen molar-refractivity contribution in [2.45, 2.75) is 103 Å². The van der Waals surface area contributed by atoms with E-state index in [1.54, 1.807) is 7.05 Å². The maximum absolute atomic E-state index is 13.9. The average Bonchev–Trinajstić information content (AvgIpc) is 3.29. The summed E-state index contributed by atoms with van der Waals surface area (Å²) in [7, 11) is 1.63. The van der Waals surface area contributed by atoms with Crippen molar-refractivity contribution in [2.75, 3.05) is 26.7 Å². The number of nitrogens with zero attached hydrogens (tertiary/aromatic N) is 4. The fourth-order valence-corrected chi connectivity index (χ4v) is 7.29. The molecule has 0 bridgehead atoms. The summed E-state index contributed by atoms with van der Waals surface area (Å²) in [6.45, 7) is 9.18. The Balaban J connectivity index is 0.00000423. The number of aryl methyl sites for hydroxylation is 1. The Morgan fingerprint density at radius 3 is 2.37 bits per heavy atom. The predicted octanol–water partition coefficient (Wildman–Crippen LogP) is 4.70. The van der Waals surface area contributed by atoms with Crippen LogP contribution in [0.1, 0.15) is 98.4 Å². The molecule has 1 atom stereocenters. The number of benzene rings is 1.